The number of alkyl carbamates (subject to hydrolysis) is 1. The molecule has 0 spiro atoms. The Kier molecular flexibility index (Phi) is 1.73. The van der Waals surface area contributed by atoms with E-state index in [0.29, 0.717) is 6.42 Å². The van der Waals surface area contributed by atoms with Crippen LogP contribution in [0, 0.1) is 0 Å². The summed E-state index contributed by atoms with van der Waals surface area (Å²) in [6.45, 7) is 0. The van der Waals surface area contributed by atoms with Crippen LogP contribution < -0.4 is 5.32 Å². The minimum absolute atomic E-state index is 0.380. The van der Waals surface area contributed by atoms with E-state index in [-0.39, 0.29) is 0 Å². The number of aromatic nitrogens is 2. The Bertz CT molecular complexity index is 333. The second-order valence-electron chi connectivity index (χ2n) is 2.69. The van der Waals surface area contributed by atoms with Crippen molar-refractivity contribution in [2.24, 2.45) is 0 Å². The third-order valence-corrected chi connectivity index (χ3v) is 1.75. The van der Waals surface area contributed by atoms with Crippen LogP contribution >= 0.6 is 0 Å². The molecule has 0 radical (unpaired) electrons. The zero-order chi connectivity index (χ0) is 9.26. The van der Waals surface area contributed by atoms with E-state index in [9.17, 15) is 9.59 Å². The fourth-order valence-corrected chi connectivity index (χ4v) is 1.14. The summed E-state index contributed by atoms with van der Waals surface area (Å²) < 4.78 is 4.30. The molecule has 1 fully saturated rings. The summed E-state index contributed by atoms with van der Waals surface area (Å²) in [5.41, 5.74) is 0.782. The lowest BCUT2D eigenvalue weighted by Gasteiger charge is -2.01. The van der Waals surface area contributed by atoms with Gasteiger partial charge in [-0.2, -0.15) is 0 Å². The van der Waals surface area contributed by atoms with Crippen molar-refractivity contribution >= 4 is 12.1 Å². The van der Waals surface area contributed by atoms with Gasteiger partial charge in [-0.1, -0.05) is 0 Å². The van der Waals surface area contributed by atoms with E-state index < -0.39 is 18.1 Å². The molecule has 1 amide bonds. The van der Waals surface area contributed by atoms with Gasteiger partial charge in [-0.25, -0.2) is 14.6 Å². The van der Waals surface area contributed by atoms with Crippen LogP contribution in [0.5, 0.6) is 0 Å². The smallest absolute Gasteiger partial charge is 0.375 e. The predicted octanol–water partition coefficient (Wildman–Crippen LogP) is -0.413. The van der Waals surface area contributed by atoms with Crippen molar-refractivity contribution in [3.8, 4) is 0 Å². The van der Waals surface area contributed by atoms with Crippen molar-refractivity contribution in [3.63, 3.8) is 0 Å². The summed E-state index contributed by atoms with van der Waals surface area (Å²) in [5, 5.41) is 2.38. The van der Waals surface area contributed by atoms with Crippen LogP contribution in [0.15, 0.2) is 12.5 Å². The van der Waals surface area contributed by atoms with Gasteiger partial charge >= 0.3 is 12.1 Å². The number of cyclic esters (lactones) is 2. The number of imidazole rings is 1. The summed E-state index contributed by atoms with van der Waals surface area (Å²) in [6, 6.07) is -0.590. The molecule has 1 aromatic heterocycles. The minimum Gasteiger partial charge on any atom is -0.375 e. The van der Waals surface area contributed by atoms with Crippen molar-refractivity contribution in [2.45, 2.75) is 12.5 Å². The average molecular weight is 181 g/mol. The molecule has 0 bridgehead atoms. The lowest BCUT2D eigenvalue weighted by molar-refractivity contribution is -0.135. The number of H-pyrrole nitrogens is 1. The maximum Gasteiger partial charge on any atom is 0.415 e. The highest BCUT2D eigenvalue weighted by atomic mass is 16.6. The fourth-order valence-electron chi connectivity index (χ4n) is 1.14. The van der Waals surface area contributed by atoms with Gasteiger partial charge < -0.3 is 15.0 Å². The molecule has 13 heavy (non-hydrogen) atoms. The Balaban J connectivity index is 2.03. The Morgan fingerprint density at radius 3 is 2.92 bits per heavy atom. The summed E-state index contributed by atoms with van der Waals surface area (Å²) in [6.07, 6.45) is 2.80. The van der Waals surface area contributed by atoms with E-state index in [1.807, 2.05) is 0 Å². The third-order valence-electron chi connectivity index (χ3n) is 1.75. The van der Waals surface area contributed by atoms with Gasteiger partial charge in [-0.15, -0.1) is 0 Å². The van der Waals surface area contributed by atoms with Crippen LogP contribution in [0.4, 0.5) is 4.79 Å². The van der Waals surface area contributed by atoms with Gasteiger partial charge in [-0.05, 0) is 0 Å². The molecule has 6 nitrogen and oxygen atoms in total. The molecule has 0 saturated carbocycles. The number of esters is 1. The quantitative estimate of drug-likeness (QED) is 0.479. The number of ether oxygens (including phenoxy) is 1. The Hall–Kier alpha value is -1.85. The number of amides is 1. The first-order valence-corrected chi connectivity index (χ1v) is 3.75. The fraction of sp³-hybridized carbons (Fsp3) is 0.286. The number of nitrogens with one attached hydrogen (secondary N) is 2. The molecular formula is C7H7N3O3. The first-order chi connectivity index (χ1) is 6.25. The molecule has 68 valence electrons. The number of carbonyl (C=O) groups is 2. The molecular weight excluding hydrogens is 174 g/mol. The maximum absolute atomic E-state index is 11.0. The Morgan fingerprint density at radius 2 is 2.38 bits per heavy atom. The first kappa shape index (κ1) is 7.78. The van der Waals surface area contributed by atoms with Crippen molar-refractivity contribution < 1.29 is 14.3 Å². The standard InChI is InChI=1S/C7H7N3O3/c11-6-5(10-7(12)13-6)1-4-2-8-3-9-4/h2-3,5H,1H2,(H,8,9)(H,10,12)/t5-/m1/s1. The highest BCUT2D eigenvalue weighted by Gasteiger charge is 2.32. The van der Waals surface area contributed by atoms with E-state index in [2.05, 4.69) is 20.0 Å². The molecule has 0 aliphatic carbocycles. The van der Waals surface area contributed by atoms with Gasteiger partial charge in [0, 0.05) is 18.3 Å². The van der Waals surface area contributed by atoms with Crippen LogP contribution in [-0.2, 0) is 16.0 Å². The van der Waals surface area contributed by atoms with E-state index in [4.69, 9.17) is 0 Å². The van der Waals surface area contributed by atoms with Gasteiger partial charge in [0.15, 0.2) is 0 Å². The molecule has 6 heteroatoms. The maximum atomic E-state index is 11.0. The van der Waals surface area contributed by atoms with Crippen LogP contribution in [0.1, 0.15) is 5.69 Å². The van der Waals surface area contributed by atoms with Gasteiger partial charge in [0.1, 0.15) is 6.04 Å². The minimum atomic E-state index is -0.686. The Morgan fingerprint density at radius 1 is 1.54 bits per heavy atom. The molecule has 1 aromatic rings. The molecule has 1 atom stereocenters. The lowest BCUT2D eigenvalue weighted by Crippen LogP contribution is -2.30. The monoisotopic (exact) mass is 181 g/mol. The van der Waals surface area contributed by atoms with E-state index in [1.165, 1.54) is 6.33 Å². The van der Waals surface area contributed by atoms with Crippen LogP contribution in [-0.4, -0.2) is 28.1 Å². The van der Waals surface area contributed by atoms with Crippen molar-refractivity contribution in [3.05, 3.63) is 18.2 Å². The molecule has 2 heterocycles. The third kappa shape index (κ3) is 1.51. The molecule has 1 saturated heterocycles. The van der Waals surface area contributed by atoms with Crippen LogP contribution in [0.2, 0.25) is 0 Å². The number of rotatable bonds is 2. The van der Waals surface area contributed by atoms with Crippen molar-refractivity contribution in [1.29, 1.82) is 0 Å². The second-order valence-corrected chi connectivity index (χ2v) is 2.69. The van der Waals surface area contributed by atoms with E-state index in [1.54, 1.807) is 6.20 Å². The number of nitrogens with zero attached hydrogens (tertiary/aromatic N) is 1. The molecule has 1 aliphatic heterocycles. The van der Waals surface area contributed by atoms with Crippen LogP contribution in [0.3, 0.4) is 0 Å². The molecule has 2 rings (SSSR count). The van der Waals surface area contributed by atoms with E-state index >= 15 is 0 Å². The molecule has 1 aliphatic rings. The highest BCUT2D eigenvalue weighted by Crippen LogP contribution is 2.05. The SMILES string of the molecule is O=C1N[C@H](Cc2cnc[nH]2)C(=O)O1. The first-order valence-electron chi connectivity index (χ1n) is 3.75. The summed E-state index contributed by atoms with van der Waals surface area (Å²) in [7, 11) is 0. The topological polar surface area (TPSA) is 84.1 Å². The lowest BCUT2D eigenvalue weighted by atomic mass is 10.2. The summed E-state index contributed by atoms with van der Waals surface area (Å²) in [5.74, 6) is -0.542. The predicted molar refractivity (Wildman–Crippen MR) is 40.7 cm³/mol. The number of aromatic amines is 1. The number of hydrogen-bond donors (Lipinski definition) is 2. The normalized spacial score (nSPS) is 21.4. The molecule has 0 aromatic carbocycles. The van der Waals surface area contributed by atoms with Gasteiger partial charge in [0.2, 0.25) is 0 Å². The molecule has 0 unspecified atom stereocenters. The van der Waals surface area contributed by atoms with Crippen molar-refractivity contribution in [1.82, 2.24) is 15.3 Å². The second kappa shape index (κ2) is 2.89. The van der Waals surface area contributed by atoms with E-state index in [0.717, 1.165) is 5.69 Å². The zero-order valence-corrected chi connectivity index (χ0v) is 6.61. The Labute approximate surface area is 73.3 Å². The summed E-state index contributed by atoms with van der Waals surface area (Å²) in [4.78, 5) is 28.2. The van der Waals surface area contributed by atoms with Gasteiger partial charge in [0.25, 0.3) is 0 Å². The van der Waals surface area contributed by atoms with Crippen LogP contribution in [0.25, 0.3) is 0 Å². The summed E-state index contributed by atoms with van der Waals surface area (Å²) >= 11 is 0. The van der Waals surface area contributed by atoms with Crippen molar-refractivity contribution in [2.75, 3.05) is 0 Å². The largest absolute Gasteiger partial charge is 0.415 e. The average Bonchev–Trinajstić information content (AvgIpc) is 2.63. The number of hydrogen-bond acceptors (Lipinski definition) is 4. The van der Waals surface area contributed by atoms with Gasteiger partial charge in [-0.3, -0.25) is 0 Å². The number of carbonyl (C=O) groups excluding carboxylic acids is 2. The molecule has 2 N–H and O–H groups in total. The zero-order valence-electron chi connectivity index (χ0n) is 6.61. The highest BCUT2D eigenvalue weighted by molar-refractivity contribution is 5.95. The van der Waals surface area contributed by atoms with Gasteiger partial charge in [0.05, 0.1) is 6.33 Å².